The lowest BCUT2D eigenvalue weighted by atomic mass is 9.98. The van der Waals surface area contributed by atoms with Crippen molar-refractivity contribution in [2.75, 3.05) is 6.26 Å². The SMILES string of the molecule is CC(C)N=C1NC(=O)C2(CCCC2S(C)(=O)=O)N1. The second-order valence-corrected chi connectivity index (χ2v) is 7.56. The Morgan fingerprint density at radius 2 is 2.11 bits per heavy atom. The predicted octanol–water partition coefficient (Wildman–Crippen LogP) is -0.194. The maximum Gasteiger partial charge on any atom is 0.253 e. The molecule has 102 valence electrons. The average Bonchev–Trinajstić information content (AvgIpc) is 2.71. The molecule has 18 heavy (non-hydrogen) atoms. The van der Waals surface area contributed by atoms with E-state index < -0.39 is 20.6 Å². The van der Waals surface area contributed by atoms with Crippen LogP contribution in [0.5, 0.6) is 0 Å². The Morgan fingerprint density at radius 3 is 2.67 bits per heavy atom. The molecule has 2 rings (SSSR count). The Hall–Kier alpha value is -1.11. The van der Waals surface area contributed by atoms with E-state index in [1.165, 1.54) is 6.26 Å². The molecule has 0 radical (unpaired) electrons. The van der Waals surface area contributed by atoms with Crippen LogP contribution in [0.1, 0.15) is 33.1 Å². The fourth-order valence-electron chi connectivity index (χ4n) is 2.80. The minimum Gasteiger partial charge on any atom is -0.341 e. The highest BCUT2D eigenvalue weighted by Crippen LogP contribution is 2.36. The maximum atomic E-state index is 12.1. The van der Waals surface area contributed by atoms with E-state index in [1.54, 1.807) is 0 Å². The predicted molar refractivity (Wildman–Crippen MR) is 69.1 cm³/mol. The molecule has 2 atom stereocenters. The molecular weight excluding hydrogens is 254 g/mol. The molecular formula is C11H19N3O3S. The van der Waals surface area contributed by atoms with Gasteiger partial charge in [0.1, 0.15) is 5.54 Å². The number of rotatable bonds is 2. The number of carbonyl (C=O) groups is 1. The number of guanidine groups is 1. The summed E-state index contributed by atoms with van der Waals surface area (Å²) < 4.78 is 23.6. The highest BCUT2D eigenvalue weighted by Gasteiger charge is 2.57. The van der Waals surface area contributed by atoms with Crippen LogP contribution in [0.4, 0.5) is 0 Å². The first-order chi connectivity index (χ1) is 8.25. The van der Waals surface area contributed by atoms with Gasteiger partial charge in [0, 0.05) is 12.3 Å². The zero-order chi connectivity index (χ0) is 13.6. The van der Waals surface area contributed by atoms with Crippen molar-refractivity contribution in [3.8, 4) is 0 Å². The molecule has 1 amide bonds. The Kier molecular flexibility index (Phi) is 3.12. The molecule has 7 heteroatoms. The monoisotopic (exact) mass is 273 g/mol. The van der Waals surface area contributed by atoms with E-state index in [0.717, 1.165) is 6.42 Å². The van der Waals surface area contributed by atoms with Crippen LogP contribution in [-0.4, -0.2) is 43.4 Å². The third-order valence-corrected chi connectivity index (χ3v) is 5.14. The normalized spacial score (nSPS) is 34.3. The molecule has 0 aromatic heterocycles. The van der Waals surface area contributed by atoms with E-state index in [2.05, 4.69) is 15.6 Å². The number of nitrogens with zero attached hydrogens (tertiary/aromatic N) is 1. The van der Waals surface area contributed by atoms with Crippen molar-refractivity contribution in [2.24, 2.45) is 4.99 Å². The van der Waals surface area contributed by atoms with Crippen LogP contribution < -0.4 is 10.6 Å². The summed E-state index contributed by atoms with van der Waals surface area (Å²) in [6, 6.07) is 0.0426. The van der Waals surface area contributed by atoms with Gasteiger partial charge in [-0.2, -0.15) is 0 Å². The van der Waals surface area contributed by atoms with E-state index in [-0.39, 0.29) is 11.9 Å². The van der Waals surface area contributed by atoms with Crippen LogP contribution in [0.3, 0.4) is 0 Å². The lowest BCUT2D eigenvalue weighted by molar-refractivity contribution is -0.123. The third kappa shape index (κ3) is 2.11. The first kappa shape index (κ1) is 13.3. The van der Waals surface area contributed by atoms with Gasteiger partial charge in [-0.3, -0.25) is 15.1 Å². The van der Waals surface area contributed by atoms with Gasteiger partial charge < -0.3 is 5.32 Å². The minimum absolute atomic E-state index is 0.0426. The molecule has 2 N–H and O–H groups in total. The van der Waals surface area contributed by atoms with Crippen LogP contribution >= 0.6 is 0 Å². The molecule has 1 heterocycles. The van der Waals surface area contributed by atoms with Gasteiger partial charge in [-0.15, -0.1) is 0 Å². The zero-order valence-electron chi connectivity index (χ0n) is 10.9. The molecule has 6 nitrogen and oxygen atoms in total. The van der Waals surface area contributed by atoms with Crippen LogP contribution in [0.15, 0.2) is 4.99 Å². The van der Waals surface area contributed by atoms with Crippen LogP contribution in [0, 0.1) is 0 Å². The summed E-state index contributed by atoms with van der Waals surface area (Å²) >= 11 is 0. The van der Waals surface area contributed by atoms with Gasteiger partial charge in [0.15, 0.2) is 15.8 Å². The van der Waals surface area contributed by atoms with Crippen LogP contribution in [-0.2, 0) is 14.6 Å². The minimum atomic E-state index is -3.26. The van der Waals surface area contributed by atoms with Crippen molar-refractivity contribution in [1.82, 2.24) is 10.6 Å². The van der Waals surface area contributed by atoms with E-state index in [9.17, 15) is 13.2 Å². The second kappa shape index (κ2) is 4.22. The number of aliphatic imine (C=N–C) groups is 1. The van der Waals surface area contributed by atoms with Crippen LogP contribution in [0.25, 0.3) is 0 Å². The summed E-state index contributed by atoms with van der Waals surface area (Å²) in [5.41, 5.74) is -1.01. The summed E-state index contributed by atoms with van der Waals surface area (Å²) in [4.78, 5) is 16.4. The van der Waals surface area contributed by atoms with Crippen molar-refractivity contribution in [2.45, 2.75) is 49.9 Å². The summed E-state index contributed by atoms with van der Waals surface area (Å²) in [6.07, 6.45) is 2.98. The molecule has 1 aliphatic carbocycles. The van der Waals surface area contributed by atoms with Crippen molar-refractivity contribution in [1.29, 1.82) is 0 Å². The van der Waals surface area contributed by atoms with E-state index in [0.29, 0.717) is 18.8 Å². The molecule has 2 unspecified atom stereocenters. The zero-order valence-corrected chi connectivity index (χ0v) is 11.7. The van der Waals surface area contributed by atoms with Crippen molar-refractivity contribution >= 4 is 21.7 Å². The number of sulfone groups is 1. The molecule has 2 aliphatic rings. The number of nitrogens with one attached hydrogen (secondary N) is 2. The van der Waals surface area contributed by atoms with Crippen molar-refractivity contribution in [3.63, 3.8) is 0 Å². The molecule has 2 fully saturated rings. The average molecular weight is 273 g/mol. The quantitative estimate of drug-likeness (QED) is 0.730. The number of carbonyl (C=O) groups excluding carboxylic acids is 1. The summed E-state index contributed by atoms with van der Waals surface area (Å²) in [5, 5.41) is 5.01. The van der Waals surface area contributed by atoms with Gasteiger partial charge in [-0.05, 0) is 33.1 Å². The topological polar surface area (TPSA) is 87.6 Å². The molecule has 0 aromatic rings. The standard InChI is InChI=1S/C11H19N3O3S/c1-7(2)12-10-13-9(15)11(14-10)6-4-5-8(11)18(3,16)17/h7-8H,4-6H2,1-3H3,(H2,12,13,14,15). The third-order valence-electron chi connectivity index (χ3n) is 3.47. The molecule has 1 saturated heterocycles. The Balaban J connectivity index is 2.35. The largest absolute Gasteiger partial charge is 0.341 e. The fraction of sp³-hybridized carbons (Fsp3) is 0.818. The number of hydrogen-bond donors (Lipinski definition) is 2. The van der Waals surface area contributed by atoms with Crippen molar-refractivity contribution < 1.29 is 13.2 Å². The first-order valence-corrected chi connectivity index (χ1v) is 8.07. The summed E-state index contributed by atoms with van der Waals surface area (Å²) in [7, 11) is -3.26. The molecule has 0 bridgehead atoms. The maximum absolute atomic E-state index is 12.1. The van der Waals surface area contributed by atoms with Gasteiger partial charge in [0.2, 0.25) is 0 Å². The molecule has 0 aromatic carbocycles. The van der Waals surface area contributed by atoms with Gasteiger partial charge >= 0.3 is 0 Å². The molecule has 1 spiro atoms. The highest BCUT2D eigenvalue weighted by molar-refractivity contribution is 7.91. The summed E-state index contributed by atoms with van der Waals surface area (Å²) in [5.74, 6) is 0.125. The van der Waals surface area contributed by atoms with Gasteiger partial charge in [-0.25, -0.2) is 8.42 Å². The smallest absolute Gasteiger partial charge is 0.253 e. The number of hydrogen-bond acceptors (Lipinski definition) is 4. The van der Waals surface area contributed by atoms with Gasteiger partial charge in [0.05, 0.1) is 5.25 Å². The lowest BCUT2D eigenvalue weighted by Gasteiger charge is -2.26. The van der Waals surface area contributed by atoms with E-state index in [4.69, 9.17) is 0 Å². The lowest BCUT2D eigenvalue weighted by Crippen LogP contribution is -2.55. The van der Waals surface area contributed by atoms with Crippen molar-refractivity contribution in [3.05, 3.63) is 0 Å². The van der Waals surface area contributed by atoms with E-state index in [1.807, 2.05) is 13.8 Å². The Bertz CT molecular complexity index is 498. The van der Waals surface area contributed by atoms with Crippen LogP contribution in [0.2, 0.25) is 0 Å². The number of amides is 1. The Labute approximate surface area is 107 Å². The second-order valence-electron chi connectivity index (χ2n) is 5.33. The molecule has 1 saturated carbocycles. The summed E-state index contributed by atoms with van der Waals surface area (Å²) in [6.45, 7) is 3.79. The first-order valence-electron chi connectivity index (χ1n) is 6.12. The van der Waals surface area contributed by atoms with Gasteiger partial charge in [-0.1, -0.05) is 0 Å². The van der Waals surface area contributed by atoms with E-state index >= 15 is 0 Å². The molecule has 1 aliphatic heterocycles. The fourth-order valence-corrected chi connectivity index (χ4v) is 4.41. The van der Waals surface area contributed by atoms with Gasteiger partial charge in [0.25, 0.3) is 5.91 Å². The highest BCUT2D eigenvalue weighted by atomic mass is 32.2. The Morgan fingerprint density at radius 1 is 1.44 bits per heavy atom.